The first kappa shape index (κ1) is 51.4. The van der Waals surface area contributed by atoms with E-state index >= 15 is 0 Å². The van der Waals surface area contributed by atoms with Gasteiger partial charge in [-0.3, -0.25) is 4.79 Å². The van der Waals surface area contributed by atoms with Crippen molar-refractivity contribution in [2.24, 2.45) is 0 Å². The number of phenolic OH excluding ortho intramolecular Hbond substituents is 2. The molecule has 2 fully saturated rings. The highest BCUT2D eigenvalue weighted by Gasteiger charge is 2.51. The number of ketones is 1. The molecular weight excluding hydrogens is 921 g/mol. The number of hydrogen-bond donors (Lipinski definition) is 2. The highest BCUT2D eigenvalue weighted by Crippen LogP contribution is 2.49. The SMILES string of the molecule is CC(=O)c1c(O)c([C@H]2OC(C)[C@H](OCc3ccccc3)C(OCc3ccccc3)C2OCc2ccccc2)cc([C@H]2OC(C)[C@H](OCc3ccccc3)C(OCc3ccccc3)C2OCc2ccccc2)c1O. The van der Waals surface area contributed by atoms with Gasteiger partial charge in [0, 0.05) is 11.1 Å². The van der Waals surface area contributed by atoms with Gasteiger partial charge in [0.05, 0.1) is 51.8 Å². The zero-order valence-corrected chi connectivity index (χ0v) is 41.5. The summed E-state index contributed by atoms with van der Waals surface area (Å²) >= 11 is 0. The Morgan fingerprint density at radius 1 is 0.384 bits per heavy atom. The normalized spacial score (nSPS) is 24.0. The number of carbonyl (C=O) groups excluding carboxylic acids is 1. The van der Waals surface area contributed by atoms with Crippen molar-refractivity contribution in [2.75, 3.05) is 0 Å². The van der Waals surface area contributed by atoms with Crippen LogP contribution in [0.1, 0.15) is 87.8 Å². The third-order valence-corrected chi connectivity index (χ3v) is 13.5. The van der Waals surface area contributed by atoms with Crippen molar-refractivity contribution in [2.45, 2.75) is 121 Å². The summed E-state index contributed by atoms with van der Waals surface area (Å²) < 4.78 is 55.3. The van der Waals surface area contributed by atoms with Crippen LogP contribution in [0, 0.1) is 0 Å². The molecular formula is C62H64O11. The third-order valence-electron chi connectivity index (χ3n) is 13.5. The Morgan fingerprint density at radius 3 is 0.863 bits per heavy atom. The van der Waals surface area contributed by atoms with Gasteiger partial charge in [-0.2, -0.15) is 0 Å². The van der Waals surface area contributed by atoms with Crippen LogP contribution < -0.4 is 0 Å². The van der Waals surface area contributed by atoms with Crippen LogP contribution in [-0.2, 0) is 77.5 Å². The van der Waals surface area contributed by atoms with Crippen molar-refractivity contribution in [1.82, 2.24) is 0 Å². The van der Waals surface area contributed by atoms with Gasteiger partial charge in [-0.15, -0.1) is 0 Å². The topological polar surface area (TPSA) is 131 Å². The van der Waals surface area contributed by atoms with E-state index in [1.807, 2.05) is 196 Å². The molecule has 2 heterocycles. The summed E-state index contributed by atoms with van der Waals surface area (Å²) in [6.45, 7) is 6.42. The average Bonchev–Trinajstić information content (AvgIpc) is 3.42. The van der Waals surface area contributed by atoms with Gasteiger partial charge in [0.15, 0.2) is 5.78 Å². The minimum atomic E-state index is -1.06. The number of benzene rings is 7. The lowest BCUT2D eigenvalue weighted by molar-refractivity contribution is -0.265. The zero-order chi connectivity index (χ0) is 50.5. The average molecular weight is 985 g/mol. The maximum atomic E-state index is 13.9. The number of rotatable bonds is 21. The number of Topliss-reactive ketones (excluding diaryl/α,β-unsaturated/α-hetero) is 1. The van der Waals surface area contributed by atoms with Gasteiger partial charge in [0.25, 0.3) is 0 Å². The van der Waals surface area contributed by atoms with Crippen molar-refractivity contribution in [3.63, 3.8) is 0 Å². The van der Waals surface area contributed by atoms with Crippen molar-refractivity contribution in [3.05, 3.63) is 238 Å². The quantitative estimate of drug-likeness (QED) is 0.0667. The summed E-state index contributed by atoms with van der Waals surface area (Å²) in [7, 11) is 0. The van der Waals surface area contributed by atoms with Gasteiger partial charge in [0.2, 0.25) is 0 Å². The van der Waals surface area contributed by atoms with Gasteiger partial charge in [0.1, 0.15) is 65.9 Å². The fourth-order valence-electron chi connectivity index (χ4n) is 9.80. The predicted molar refractivity (Wildman–Crippen MR) is 276 cm³/mol. The minimum absolute atomic E-state index is 0.158. The second-order valence-corrected chi connectivity index (χ2v) is 18.8. The molecule has 0 spiro atoms. The van der Waals surface area contributed by atoms with E-state index < -0.39 is 78.3 Å². The lowest BCUT2D eigenvalue weighted by Gasteiger charge is -2.47. The van der Waals surface area contributed by atoms with E-state index in [0.29, 0.717) is 0 Å². The molecule has 11 heteroatoms. The summed E-state index contributed by atoms with van der Waals surface area (Å²) in [5.74, 6) is -1.47. The molecule has 7 aromatic carbocycles. The van der Waals surface area contributed by atoms with Crippen LogP contribution in [-0.4, -0.2) is 64.8 Å². The number of hydrogen-bond acceptors (Lipinski definition) is 11. The second kappa shape index (κ2) is 24.9. The molecule has 2 N–H and O–H groups in total. The summed E-state index contributed by atoms with van der Waals surface area (Å²) in [4.78, 5) is 13.9. The molecule has 11 nitrogen and oxygen atoms in total. The van der Waals surface area contributed by atoms with Crippen LogP contribution in [0.15, 0.2) is 188 Å². The molecule has 2 saturated heterocycles. The largest absolute Gasteiger partial charge is 0.507 e. The fraction of sp³-hybridized carbons (Fsp3) is 0.306. The molecule has 7 aromatic rings. The highest BCUT2D eigenvalue weighted by atomic mass is 16.6. The number of aromatic hydroxyl groups is 2. The van der Waals surface area contributed by atoms with Crippen molar-refractivity contribution in [3.8, 4) is 11.5 Å². The summed E-state index contributed by atoms with van der Waals surface area (Å²) in [5, 5.41) is 24.9. The Morgan fingerprint density at radius 2 is 0.616 bits per heavy atom. The molecule has 0 bridgehead atoms. The second-order valence-electron chi connectivity index (χ2n) is 18.8. The van der Waals surface area contributed by atoms with E-state index in [9.17, 15) is 15.0 Å². The van der Waals surface area contributed by atoms with E-state index in [-0.39, 0.29) is 56.3 Å². The Kier molecular flexibility index (Phi) is 17.6. The highest BCUT2D eigenvalue weighted by molar-refractivity contribution is 6.00. The molecule has 73 heavy (non-hydrogen) atoms. The van der Waals surface area contributed by atoms with E-state index in [4.69, 9.17) is 37.9 Å². The van der Waals surface area contributed by atoms with E-state index in [1.165, 1.54) is 6.92 Å². The molecule has 0 saturated carbocycles. The maximum absolute atomic E-state index is 13.9. The monoisotopic (exact) mass is 984 g/mol. The van der Waals surface area contributed by atoms with Gasteiger partial charge in [-0.05, 0) is 60.2 Å². The smallest absolute Gasteiger partial charge is 0.167 e. The fourth-order valence-corrected chi connectivity index (χ4v) is 9.80. The summed E-state index contributed by atoms with van der Waals surface area (Å²) in [6, 6.07) is 60.7. The number of carbonyl (C=O) groups is 1. The van der Waals surface area contributed by atoms with Crippen LogP contribution in [0.2, 0.25) is 0 Å². The molecule has 0 radical (unpaired) electrons. The maximum Gasteiger partial charge on any atom is 0.167 e. The van der Waals surface area contributed by atoms with E-state index in [2.05, 4.69) is 0 Å². The molecule has 0 aromatic heterocycles. The summed E-state index contributed by atoms with van der Waals surface area (Å²) in [5.41, 5.74) is 5.71. The van der Waals surface area contributed by atoms with Crippen molar-refractivity contribution < 1.29 is 52.9 Å². The van der Waals surface area contributed by atoms with Crippen LogP contribution in [0.25, 0.3) is 0 Å². The van der Waals surface area contributed by atoms with Crippen molar-refractivity contribution in [1.29, 1.82) is 0 Å². The van der Waals surface area contributed by atoms with Crippen molar-refractivity contribution >= 4 is 5.78 Å². The Hall–Kier alpha value is -6.51. The number of phenols is 2. The molecule has 378 valence electrons. The van der Waals surface area contributed by atoms with Gasteiger partial charge in [-0.1, -0.05) is 182 Å². The molecule has 9 rings (SSSR count). The van der Waals surface area contributed by atoms with Gasteiger partial charge in [-0.25, -0.2) is 0 Å². The first-order valence-corrected chi connectivity index (χ1v) is 25.1. The van der Waals surface area contributed by atoms with Crippen LogP contribution >= 0.6 is 0 Å². The third kappa shape index (κ3) is 12.8. The Balaban J connectivity index is 1.15. The lowest BCUT2D eigenvalue weighted by atomic mass is 9.84. The molecule has 6 unspecified atom stereocenters. The first-order chi connectivity index (χ1) is 35.7. The van der Waals surface area contributed by atoms with Crippen LogP contribution in [0.4, 0.5) is 0 Å². The standard InChI is InChI=1S/C62H64O11/c1-41(63)52-53(64)50(57-61(70-39-48-30-18-8-19-31-48)59(68-37-46-26-14-6-15-27-46)55(42(2)72-57)66-35-44-22-10-4-11-23-44)34-51(54(52)65)58-62(71-40-49-32-20-9-21-33-49)60(69-38-47-28-16-7-17-29-47)56(43(3)73-58)67-36-45-24-12-5-13-25-45/h4-34,42-43,55-62,64-65H,35-40H2,1-3H3/t42?,43?,55-,56-,57+,58+,59?,60?,61?,62?/m0/s1. The van der Waals surface area contributed by atoms with Crippen LogP contribution in [0.5, 0.6) is 11.5 Å². The molecule has 10 atom stereocenters. The lowest BCUT2D eigenvalue weighted by Crippen LogP contribution is -2.56. The summed E-state index contributed by atoms with van der Waals surface area (Å²) in [6.07, 6.45) is -8.10. The molecule has 2 aliphatic heterocycles. The zero-order valence-electron chi connectivity index (χ0n) is 41.5. The molecule has 0 amide bonds. The Labute approximate surface area is 428 Å². The molecule has 0 aliphatic carbocycles. The number of ether oxygens (including phenoxy) is 8. The van der Waals surface area contributed by atoms with E-state index in [1.54, 1.807) is 6.07 Å². The first-order valence-electron chi connectivity index (χ1n) is 25.1. The van der Waals surface area contributed by atoms with E-state index in [0.717, 1.165) is 33.4 Å². The predicted octanol–water partition coefficient (Wildman–Crippen LogP) is 11.7. The van der Waals surface area contributed by atoms with Gasteiger partial charge < -0.3 is 48.1 Å². The van der Waals surface area contributed by atoms with Crippen LogP contribution in [0.3, 0.4) is 0 Å². The molecule has 2 aliphatic rings. The minimum Gasteiger partial charge on any atom is -0.507 e. The Bertz CT molecular complexity index is 2600. The van der Waals surface area contributed by atoms with Gasteiger partial charge >= 0.3 is 0 Å².